The van der Waals surface area contributed by atoms with Crippen molar-refractivity contribution >= 4 is 27.8 Å². The van der Waals surface area contributed by atoms with Gasteiger partial charge in [0.05, 0.1) is 16.3 Å². The Morgan fingerprint density at radius 2 is 1.85 bits per heavy atom. The van der Waals surface area contributed by atoms with E-state index in [2.05, 4.69) is 9.97 Å². The number of rotatable bonds is 3. The zero-order valence-corrected chi connectivity index (χ0v) is 11.5. The van der Waals surface area contributed by atoms with Crippen molar-refractivity contribution in [2.24, 2.45) is 0 Å². The molecule has 0 spiro atoms. The van der Waals surface area contributed by atoms with Crippen molar-refractivity contribution in [2.75, 3.05) is 0 Å². The van der Waals surface area contributed by atoms with Gasteiger partial charge in [0, 0.05) is 23.2 Å². The van der Waals surface area contributed by atoms with E-state index in [4.69, 9.17) is 0 Å². The minimum atomic E-state index is -1.24. The standard InChI is InChI=1S/C16H12N2OS/c19-20(16-7-3-4-9-17-16)10-8-13-11-14-5-1-2-6-15(14)18-12-13/h1-12H/b10-8+. The lowest BCUT2D eigenvalue weighted by Gasteiger charge is -1.98. The minimum Gasteiger partial charge on any atom is -0.256 e. The molecule has 0 aliphatic carbocycles. The van der Waals surface area contributed by atoms with Gasteiger partial charge in [-0.1, -0.05) is 24.3 Å². The fraction of sp³-hybridized carbons (Fsp3) is 0. The predicted molar refractivity (Wildman–Crippen MR) is 81.4 cm³/mol. The van der Waals surface area contributed by atoms with E-state index >= 15 is 0 Å². The first-order valence-corrected chi connectivity index (χ1v) is 7.39. The summed E-state index contributed by atoms with van der Waals surface area (Å²) in [5, 5.41) is 3.25. The van der Waals surface area contributed by atoms with Gasteiger partial charge < -0.3 is 0 Å². The number of hydrogen-bond donors (Lipinski definition) is 0. The van der Waals surface area contributed by atoms with Crippen LogP contribution in [0.4, 0.5) is 0 Å². The van der Waals surface area contributed by atoms with Crippen LogP contribution < -0.4 is 0 Å². The van der Waals surface area contributed by atoms with Crippen molar-refractivity contribution in [1.29, 1.82) is 0 Å². The van der Waals surface area contributed by atoms with Gasteiger partial charge in [0.15, 0.2) is 0 Å². The van der Waals surface area contributed by atoms with E-state index in [-0.39, 0.29) is 0 Å². The summed E-state index contributed by atoms with van der Waals surface area (Å²) >= 11 is 0. The van der Waals surface area contributed by atoms with Crippen molar-refractivity contribution < 1.29 is 4.21 Å². The topological polar surface area (TPSA) is 42.9 Å². The van der Waals surface area contributed by atoms with E-state index in [1.807, 2.05) is 42.5 Å². The van der Waals surface area contributed by atoms with E-state index in [1.54, 1.807) is 29.9 Å². The molecule has 0 aliphatic heterocycles. The van der Waals surface area contributed by atoms with Crippen LogP contribution >= 0.6 is 0 Å². The van der Waals surface area contributed by atoms with Gasteiger partial charge in [-0.05, 0) is 35.9 Å². The predicted octanol–water partition coefficient (Wildman–Crippen LogP) is 3.41. The molecule has 98 valence electrons. The van der Waals surface area contributed by atoms with E-state index < -0.39 is 10.8 Å². The maximum Gasteiger partial charge on any atom is 0.131 e. The van der Waals surface area contributed by atoms with Crippen LogP contribution in [-0.2, 0) is 10.8 Å². The zero-order chi connectivity index (χ0) is 13.8. The Labute approximate surface area is 119 Å². The van der Waals surface area contributed by atoms with Gasteiger partial charge in [0.1, 0.15) is 5.03 Å². The lowest BCUT2D eigenvalue weighted by Crippen LogP contribution is -1.89. The van der Waals surface area contributed by atoms with Gasteiger partial charge in [0.2, 0.25) is 0 Å². The first kappa shape index (κ1) is 12.7. The van der Waals surface area contributed by atoms with Crippen LogP contribution in [0.5, 0.6) is 0 Å². The fourth-order valence-electron chi connectivity index (χ4n) is 1.86. The van der Waals surface area contributed by atoms with Crippen LogP contribution in [0.15, 0.2) is 71.4 Å². The number of pyridine rings is 2. The maximum absolute atomic E-state index is 12.0. The van der Waals surface area contributed by atoms with Crippen molar-refractivity contribution in [3.05, 3.63) is 71.9 Å². The van der Waals surface area contributed by atoms with Gasteiger partial charge in [0.25, 0.3) is 0 Å². The maximum atomic E-state index is 12.0. The van der Waals surface area contributed by atoms with E-state index in [0.29, 0.717) is 5.03 Å². The molecule has 1 unspecified atom stereocenters. The molecule has 0 amide bonds. The van der Waals surface area contributed by atoms with E-state index in [0.717, 1.165) is 16.5 Å². The Balaban J connectivity index is 1.85. The molecule has 3 rings (SSSR count). The van der Waals surface area contributed by atoms with Crippen LogP contribution in [0, 0.1) is 0 Å². The second-order valence-electron chi connectivity index (χ2n) is 4.23. The van der Waals surface area contributed by atoms with Gasteiger partial charge >= 0.3 is 0 Å². The molecule has 0 fully saturated rings. The number of para-hydroxylation sites is 1. The van der Waals surface area contributed by atoms with Gasteiger partial charge in [-0.2, -0.15) is 0 Å². The monoisotopic (exact) mass is 280 g/mol. The Bertz CT molecular complexity index is 785. The number of aromatic nitrogens is 2. The molecule has 1 atom stereocenters. The lowest BCUT2D eigenvalue weighted by molar-refractivity contribution is 0.686. The first-order chi connectivity index (χ1) is 9.83. The molecule has 0 aliphatic rings. The molecular formula is C16H12N2OS. The third kappa shape index (κ3) is 2.81. The Morgan fingerprint density at radius 3 is 2.70 bits per heavy atom. The summed E-state index contributed by atoms with van der Waals surface area (Å²) in [4.78, 5) is 8.44. The molecule has 2 heterocycles. The molecule has 3 nitrogen and oxygen atoms in total. The van der Waals surface area contributed by atoms with Gasteiger partial charge in [-0.15, -0.1) is 0 Å². The number of hydrogen-bond acceptors (Lipinski definition) is 3. The molecule has 0 radical (unpaired) electrons. The summed E-state index contributed by atoms with van der Waals surface area (Å²) in [6.07, 6.45) is 5.22. The molecular weight excluding hydrogens is 268 g/mol. The summed E-state index contributed by atoms with van der Waals surface area (Å²) in [6.45, 7) is 0. The normalized spacial score (nSPS) is 12.8. The summed E-state index contributed by atoms with van der Waals surface area (Å²) in [7, 11) is -1.24. The third-order valence-electron chi connectivity index (χ3n) is 2.84. The summed E-state index contributed by atoms with van der Waals surface area (Å²) in [5.74, 6) is 0. The lowest BCUT2D eigenvalue weighted by atomic mass is 10.2. The van der Waals surface area contributed by atoms with Crippen LogP contribution in [-0.4, -0.2) is 14.2 Å². The van der Waals surface area contributed by atoms with Crippen molar-refractivity contribution in [3.8, 4) is 0 Å². The zero-order valence-electron chi connectivity index (χ0n) is 10.6. The summed E-state index contributed by atoms with van der Waals surface area (Å²) < 4.78 is 12.0. The third-order valence-corrected chi connectivity index (χ3v) is 3.88. The second-order valence-corrected chi connectivity index (χ2v) is 5.51. The van der Waals surface area contributed by atoms with Crippen LogP contribution in [0.3, 0.4) is 0 Å². The summed E-state index contributed by atoms with van der Waals surface area (Å²) in [6, 6.07) is 15.3. The highest BCUT2D eigenvalue weighted by Gasteiger charge is 2.00. The Morgan fingerprint density at radius 1 is 1.00 bits per heavy atom. The molecule has 0 saturated heterocycles. The largest absolute Gasteiger partial charge is 0.256 e. The SMILES string of the molecule is O=S(/C=C/c1cnc2ccccc2c1)c1ccccn1. The van der Waals surface area contributed by atoms with Crippen LogP contribution in [0.25, 0.3) is 17.0 Å². The summed E-state index contributed by atoms with van der Waals surface area (Å²) in [5.41, 5.74) is 1.88. The molecule has 2 aromatic heterocycles. The average Bonchev–Trinajstić information content (AvgIpc) is 2.53. The quantitative estimate of drug-likeness (QED) is 0.738. The molecule has 4 heteroatoms. The second kappa shape index (κ2) is 5.75. The number of fused-ring (bicyclic) bond motifs is 1. The van der Waals surface area contributed by atoms with Crippen molar-refractivity contribution in [3.63, 3.8) is 0 Å². The molecule has 1 aromatic carbocycles. The van der Waals surface area contributed by atoms with Crippen LogP contribution in [0.2, 0.25) is 0 Å². The average molecular weight is 280 g/mol. The Hall–Kier alpha value is -2.33. The highest BCUT2D eigenvalue weighted by Crippen LogP contribution is 2.14. The highest BCUT2D eigenvalue weighted by molar-refractivity contribution is 7.88. The molecule has 0 bridgehead atoms. The fourth-order valence-corrected chi connectivity index (χ4v) is 2.65. The molecule has 20 heavy (non-hydrogen) atoms. The highest BCUT2D eigenvalue weighted by atomic mass is 32.2. The Kier molecular flexibility index (Phi) is 3.65. The first-order valence-electron chi connectivity index (χ1n) is 6.17. The smallest absolute Gasteiger partial charge is 0.131 e. The molecule has 3 aromatic rings. The van der Waals surface area contributed by atoms with Crippen molar-refractivity contribution in [1.82, 2.24) is 9.97 Å². The van der Waals surface area contributed by atoms with E-state index in [1.165, 1.54) is 0 Å². The van der Waals surface area contributed by atoms with Gasteiger partial charge in [-0.3, -0.25) is 4.98 Å². The minimum absolute atomic E-state index is 0.553. The van der Waals surface area contributed by atoms with Crippen molar-refractivity contribution in [2.45, 2.75) is 5.03 Å². The van der Waals surface area contributed by atoms with E-state index in [9.17, 15) is 4.21 Å². The van der Waals surface area contributed by atoms with Gasteiger partial charge in [-0.25, -0.2) is 9.19 Å². The van der Waals surface area contributed by atoms with Crippen LogP contribution in [0.1, 0.15) is 5.56 Å². The molecule has 0 N–H and O–H groups in total. The molecule has 0 saturated carbocycles. The number of nitrogens with zero attached hydrogens (tertiary/aromatic N) is 2. The number of benzene rings is 1.